The number of hydrogen-bond donors (Lipinski definition) is 3. The first-order chi connectivity index (χ1) is 18.3. The van der Waals surface area contributed by atoms with E-state index in [1.807, 2.05) is 0 Å². The van der Waals surface area contributed by atoms with Crippen LogP contribution >= 0.6 is 0 Å². The Balaban J connectivity index is 1.65. The highest BCUT2D eigenvalue weighted by Gasteiger charge is 2.34. The van der Waals surface area contributed by atoms with Crippen LogP contribution in [0.1, 0.15) is 11.1 Å². The number of aromatic hydroxyl groups is 2. The fourth-order valence-electron chi connectivity index (χ4n) is 3.61. The van der Waals surface area contributed by atoms with Crippen LogP contribution in [0.25, 0.3) is 11.1 Å². The molecule has 13 heteroatoms. The number of alkyl halides is 3. The summed E-state index contributed by atoms with van der Waals surface area (Å²) in [6.45, 7) is 1.75. The first-order valence-corrected chi connectivity index (χ1v) is 12.7. The number of nitrogens with zero attached hydrogens (tertiary/aromatic N) is 4. The molecule has 0 heterocycles. The summed E-state index contributed by atoms with van der Waals surface area (Å²) in [6.07, 6.45) is -4.79. The Bertz CT molecular complexity index is 1700. The minimum absolute atomic E-state index is 0.0291. The number of primary sulfonamides is 1. The van der Waals surface area contributed by atoms with Gasteiger partial charge >= 0.3 is 6.18 Å². The first kappa shape index (κ1) is 27.4. The van der Waals surface area contributed by atoms with Crippen molar-refractivity contribution in [2.75, 3.05) is 0 Å². The average Bonchev–Trinajstić information content (AvgIpc) is 2.87. The maximum atomic E-state index is 13.0. The Hall–Kier alpha value is -4.62. The molecule has 0 unspecified atom stereocenters. The van der Waals surface area contributed by atoms with E-state index in [1.54, 1.807) is 37.3 Å². The van der Waals surface area contributed by atoms with Crippen LogP contribution in [-0.4, -0.2) is 18.6 Å². The number of halogens is 3. The Morgan fingerprint density at radius 3 is 1.74 bits per heavy atom. The van der Waals surface area contributed by atoms with Gasteiger partial charge in [-0.25, -0.2) is 13.6 Å². The monoisotopic (exact) mass is 555 g/mol. The summed E-state index contributed by atoms with van der Waals surface area (Å²) in [5.74, 6) is -0.853. The van der Waals surface area contributed by atoms with Crippen molar-refractivity contribution in [2.24, 2.45) is 25.6 Å². The van der Waals surface area contributed by atoms with Crippen molar-refractivity contribution in [3.8, 4) is 22.6 Å². The lowest BCUT2D eigenvalue weighted by Crippen LogP contribution is -2.13. The van der Waals surface area contributed by atoms with E-state index in [-0.39, 0.29) is 27.6 Å². The molecule has 0 saturated heterocycles. The molecule has 0 aliphatic carbocycles. The van der Waals surface area contributed by atoms with Crippen LogP contribution in [0.4, 0.5) is 35.9 Å². The van der Waals surface area contributed by atoms with Gasteiger partial charge in [-0.1, -0.05) is 12.1 Å². The summed E-state index contributed by atoms with van der Waals surface area (Å²) in [6, 6.07) is 17.8. The van der Waals surface area contributed by atoms with Crippen molar-refractivity contribution < 1.29 is 31.8 Å². The molecule has 4 rings (SSSR count). The number of hydrogen-bond acceptors (Lipinski definition) is 8. The highest BCUT2D eigenvalue weighted by atomic mass is 32.2. The van der Waals surface area contributed by atoms with E-state index in [2.05, 4.69) is 20.5 Å². The molecule has 0 radical (unpaired) electrons. The van der Waals surface area contributed by atoms with Crippen molar-refractivity contribution in [3.05, 3.63) is 90.0 Å². The van der Waals surface area contributed by atoms with Crippen molar-refractivity contribution in [2.45, 2.75) is 18.0 Å². The molecule has 0 saturated carbocycles. The summed E-state index contributed by atoms with van der Waals surface area (Å²) in [7, 11) is -4.24. The minimum atomic E-state index is -4.79. The van der Waals surface area contributed by atoms with Gasteiger partial charge in [0.1, 0.15) is 11.5 Å². The highest BCUT2D eigenvalue weighted by molar-refractivity contribution is 7.89. The Labute approximate surface area is 220 Å². The van der Waals surface area contributed by atoms with Gasteiger partial charge in [0, 0.05) is 5.56 Å². The van der Waals surface area contributed by atoms with Gasteiger partial charge in [0.15, 0.2) is 0 Å². The SMILES string of the molecule is Cc1cc(N=Nc2ccc(O)cc2)ccc1-c1ccc(N=Nc2ccc(O)c(C(F)(F)F)c2)cc1S(N)(=O)=O. The maximum absolute atomic E-state index is 13.0. The van der Waals surface area contributed by atoms with Gasteiger partial charge in [0.2, 0.25) is 10.0 Å². The zero-order chi connectivity index (χ0) is 28.4. The van der Waals surface area contributed by atoms with Crippen LogP contribution in [0.2, 0.25) is 0 Å². The third kappa shape index (κ3) is 6.64. The Morgan fingerprint density at radius 1 is 0.692 bits per heavy atom. The van der Waals surface area contributed by atoms with E-state index >= 15 is 0 Å². The largest absolute Gasteiger partial charge is 0.508 e. The van der Waals surface area contributed by atoms with Gasteiger partial charge in [0.25, 0.3) is 0 Å². The second kappa shape index (κ2) is 10.6. The van der Waals surface area contributed by atoms with Crippen molar-refractivity contribution in [3.63, 3.8) is 0 Å². The van der Waals surface area contributed by atoms with Gasteiger partial charge < -0.3 is 10.2 Å². The summed E-state index contributed by atoms with van der Waals surface area (Å²) < 4.78 is 63.9. The predicted molar refractivity (Wildman–Crippen MR) is 138 cm³/mol. The molecule has 0 bridgehead atoms. The topological polar surface area (TPSA) is 150 Å². The molecule has 200 valence electrons. The number of aryl methyl sites for hydroxylation is 1. The standard InChI is InChI=1S/C26H20F3N5O4S/c1-15-12-17(32-31-16-2-7-20(35)8-3-16)4-9-21(15)22-10-5-19(14-25(22)39(30,37)38)34-33-18-6-11-24(36)23(13-18)26(27,28)29/h2-14,35-36H,1H3,(H2,30,37,38). The normalized spacial score (nSPS) is 12.4. The molecule has 39 heavy (non-hydrogen) atoms. The number of nitrogens with two attached hydrogens (primary N) is 1. The molecule has 0 spiro atoms. The molecule has 4 N–H and O–H groups in total. The maximum Gasteiger partial charge on any atom is 0.420 e. The lowest BCUT2D eigenvalue weighted by molar-refractivity contribution is -0.138. The number of phenolic OH excluding ortho intramolecular Hbond substituents is 2. The number of sulfonamides is 1. The van der Waals surface area contributed by atoms with E-state index in [1.165, 1.54) is 24.3 Å². The smallest absolute Gasteiger partial charge is 0.420 e. The molecule has 4 aromatic rings. The number of azo groups is 2. The molecule has 0 aliphatic rings. The number of phenols is 2. The molecule has 9 nitrogen and oxygen atoms in total. The molecule has 0 atom stereocenters. The quantitative estimate of drug-likeness (QED) is 0.210. The second-order valence-electron chi connectivity index (χ2n) is 8.34. The van der Waals surface area contributed by atoms with Gasteiger partial charge in [-0.15, -0.1) is 0 Å². The molecule has 0 fully saturated rings. The summed E-state index contributed by atoms with van der Waals surface area (Å²) in [5.41, 5.74) is 1.06. The van der Waals surface area contributed by atoms with E-state index in [0.717, 1.165) is 18.2 Å². The van der Waals surface area contributed by atoms with Crippen LogP contribution < -0.4 is 5.14 Å². The molecular weight excluding hydrogens is 535 g/mol. The third-order valence-corrected chi connectivity index (χ3v) is 6.42. The van der Waals surface area contributed by atoms with Crippen LogP contribution in [0, 0.1) is 6.92 Å². The highest BCUT2D eigenvalue weighted by Crippen LogP contribution is 2.39. The number of benzene rings is 4. The van der Waals surface area contributed by atoms with Gasteiger partial charge in [-0.2, -0.15) is 33.6 Å². The number of rotatable bonds is 6. The summed E-state index contributed by atoms with van der Waals surface area (Å²) in [5, 5.41) is 40.1. The summed E-state index contributed by atoms with van der Waals surface area (Å²) >= 11 is 0. The zero-order valence-corrected chi connectivity index (χ0v) is 20.9. The van der Waals surface area contributed by atoms with Gasteiger partial charge in [0.05, 0.1) is 33.2 Å². The fourth-order valence-corrected chi connectivity index (χ4v) is 4.38. The van der Waals surface area contributed by atoms with Crippen molar-refractivity contribution in [1.82, 2.24) is 0 Å². The van der Waals surface area contributed by atoms with Gasteiger partial charge in [-0.05, 0) is 84.8 Å². The van der Waals surface area contributed by atoms with Crippen LogP contribution in [0.15, 0.2) is 104 Å². The Morgan fingerprint density at radius 2 is 1.18 bits per heavy atom. The average molecular weight is 556 g/mol. The van der Waals surface area contributed by atoms with Gasteiger partial charge in [-0.3, -0.25) is 0 Å². The van der Waals surface area contributed by atoms with Crippen molar-refractivity contribution >= 4 is 32.8 Å². The lowest BCUT2D eigenvalue weighted by Gasteiger charge is -2.12. The molecule has 4 aromatic carbocycles. The lowest BCUT2D eigenvalue weighted by atomic mass is 10.00. The second-order valence-corrected chi connectivity index (χ2v) is 9.87. The predicted octanol–water partition coefficient (Wildman–Crippen LogP) is 7.57. The molecule has 0 amide bonds. The van der Waals surface area contributed by atoms with Crippen LogP contribution in [-0.2, 0) is 16.2 Å². The zero-order valence-electron chi connectivity index (χ0n) is 20.1. The van der Waals surface area contributed by atoms with E-state index in [4.69, 9.17) is 5.14 Å². The van der Waals surface area contributed by atoms with Crippen LogP contribution in [0.5, 0.6) is 11.5 Å². The van der Waals surface area contributed by atoms with Crippen molar-refractivity contribution in [1.29, 1.82) is 0 Å². The first-order valence-electron chi connectivity index (χ1n) is 11.1. The molecule has 0 aromatic heterocycles. The third-order valence-electron chi connectivity index (χ3n) is 5.47. The molecular formula is C26H20F3N5O4S. The summed E-state index contributed by atoms with van der Waals surface area (Å²) in [4.78, 5) is -0.262. The Kier molecular flexibility index (Phi) is 7.47. The molecule has 0 aliphatic heterocycles. The van der Waals surface area contributed by atoms with E-state index < -0.39 is 27.5 Å². The van der Waals surface area contributed by atoms with E-state index in [9.17, 15) is 31.8 Å². The van der Waals surface area contributed by atoms with E-state index in [0.29, 0.717) is 28.6 Å². The van der Waals surface area contributed by atoms with Crippen LogP contribution in [0.3, 0.4) is 0 Å². The fraction of sp³-hybridized carbons (Fsp3) is 0.0769. The minimum Gasteiger partial charge on any atom is -0.508 e.